The third-order valence-corrected chi connectivity index (χ3v) is 4.75. The first kappa shape index (κ1) is 22.7. The van der Waals surface area contributed by atoms with Crippen molar-refractivity contribution in [2.45, 2.75) is 77.2 Å². The molecule has 0 bridgehead atoms. The lowest BCUT2D eigenvalue weighted by atomic mass is 9.90. The molecule has 0 aliphatic heterocycles. The van der Waals surface area contributed by atoms with E-state index in [4.69, 9.17) is 0 Å². The van der Waals surface area contributed by atoms with Gasteiger partial charge < -0.3 is 15.5 Å². The van der Waals surface area contributed by atoms with E-state index < -0.39 is 23.4 Å². The summed E-state index contributed by atoms with van der Waals surface area (Å²) in [6, 6.07) is 7.80. The second kappa shape index (κ2) is 11.4. The quantitative estimate of drug-likeness (QED) is 0.360. The molecule has 0 aliphatic rings. The Morgan fingerprint density at radius 3 is 1.81 bits per heavy atom. The number of nitrogens with one attached hydrogen (secondary N) is 1. The average Bonchev–Trinajstić information content (AvgIpc) is 2.61. The average molecular weight is 377 g/mol. The molecule has 0 fully saturated rings. The van der Waals surface area contributed by atoms with Crippen LogP contribution in [-0.2, 0) is 27.2 Å². The van der Waals surface area contributed by atoms with Crippen LogP contribution in [0, 0.1) is 0 Å². The number of hydrogen-bond donors (Lipinski definition) is 3. The van der Waals surface area contributed by atoms with Gasteiger partial charge in [0.2, 0.25) is 11.4 Å². The third-order valence-electron chi connectivity index (χ3n) is 4.75. The monoisotopic (exact) mass is 377 g/mol. The van der Waals surface area contributed by atoms with Crippen molar-refractivity contribution in [2.24, 2.45) is 0 Å². The van der Waals surface area contributed by atoms with Crippen LogP contribution in [0.5, 0.6) is 0 Å². The summed E-state index contributed by atoms with van der Waals surface area (Å²) in [5.74, 6) is -3.82. The van der Waals surface area contributed by atoms with Crippen LogP contribution in [0.3, 0.4) is 0 Å². The Bertz CT molecular complexity index is 610. The maximum absolute atomic E-state index is 11.5. The molecule has 0 heterocycles. The number of carboxylic acid groups (broad SMARTS) is 2. The Morgan fingerprint density at radius 1 is 0.852 bits per heavy atom. The molecule has 1 rings (SSSR count). The van der Waals surface area contributed by atoms with Gasteiger partial charge in [0, 0.05) is 6.92 Å². The zero-order chi connectivity index (χ0) is 20.3. The molecule has 0 atom stereocenters. The van der Waals surface area contributed by atoms with Crippen LogP contribution in [0.15, 0.2) is 24.3 Å². The summed E-state index contributed by atoms with van der Waals surface area (Å²) in [5.41, 5.74) is -0.235. The van der Waals surface area contributed by atoms with Crippen LogP contribution in [0.4, 0.5) is 0 Å². The maximum atomic E-state index is 11.5. The Balaban J connectivity index is 2.59. The van der Waals surface area contributed by atoms with E-state index in [2.05, 4.69) is 12.2 Å². The smallest absolute Gasteiger partial charge is 0.341 e. The maximum Gasteiger partial charge on any atom is 0.341 e. The first-order chi connectivity index (χ1) is 12.8. The van der Waals surface area contributed by atoms with E-state index in [-0.39, 0.29) is 12.8 Å². The standard InChI is InChI=1S/C21H31NO5/c1-3-4-5-6-7-8-9-17-10-12-18(13-11-17)14-15-21(19(24)25,20(26)27)22-16(2)23/h10-13H,3-9,14-15H2,1-2H3,(H,22,23)(H,24,25)(H,26,27). The third kappa shape index (κ3) is 7.41. The summed E-state index contributed by atoms with van der Waals surface area (Å²) >= 11 is 0. The van der Waals surface area contributed by atoms with Crippen LogP contribution >= 0.6 is 0 Å². The fraction of sp³-hybridized carbons (Fsp3) is 0.571. The van der Waals surface area contributed by atoms with Crippen molar-refractivity contribution in [1.82, 2.24) is 5.32 Å². The summed E-state index contributed by atoms with van der Waals surface area (Å²) in [4.78, 5) is 34.3. The molecule has 0 aliphatic carbocycles. The van der Waals surface area contributed by atoms with Crippen molar-refractivity contribution < 1.29 is 24.6 Å². The van der Waals surface area contributed by atoms with Crippen molar-refractivity contribution >= 4 is 17.8 Å². The predicted molar refractivity (Wildman–Crippen MR) is 104 cm³/mol. The molecule has 3 N–H and O–H groups in total. The highest BCUT2D eigenvalue weighted by Gasteiger charge is 2.47. The first-order valence-electron chi connectivity index (χ1n) is 9.65. The molecule has 1 aromatic rings. The zero-order valence-corrected chi connectivity index (χ0v) is 16.3. The number of benzene rings is 1. The molecule has 1 amide bonds. The van der Waals surface area contributed by atoms with Gasteiger partial charge in [-0.15, -0.1) is 0 Å². The normalized spacial score (nSPS) is 11.2. The number of rotatable bonds is 13. The predicted octanol–water partition coefficient (Wildman–Crippen LogP) is 3.57. The molecule has 1 aromatic carbocycles. The molecule has 6 heteroatoms. The van der Waals surface area contributed by atoms with Gasteiger partial charge in [0.15, 0.2) is 0 Å². The largest absolute Gasteiger partial charge is 0.479 e. The summed E-state index contributed by atoms with van der Waals surface area (Å²) in [7, 11) is 0. The molecule has 0 spiro atoms. The van der Waals surface area contributed by atoms with Crippen LogP contribution < -0.4 is 5.32 Å². The van der Waals surface area contributed by atoms with Gasteiger partial charge in [-0.25, -0.2) is 9.59 Å². The molecule has 0 aromatic heterocycles. The highest BCUT2D eigenvalue weighted by molar-refractivity contribution is 6.06. The van der Waals surface area contributed by atoms with E-state index in [1.807, 2.05) is 24.3 Å². The topological polar surface area (TPSA) is 104 Å². The number of amides is 1. The van der Waals surface area contributed by atoms with E-state index in [9.17, 15) is 24.6 Å². The number of carbonyl (C=O) groups is 3. The number of aryl methyl sites for hydroxylation is 2. The van der Waals surface area contributed by atoms with Crippen molar-refractivity contribution in [1.29, 1.82) is 0 Å². The van der Waals surface area contributed by atoms with Gasteiger partial charge in [-0.1, -0.05) is 63.3 Å². The molecule has 0 saturated carbocycles. The Hall–Kier alpha value is -2.37. The van der Waals surface area contributed by atoms with Gasteiger partial charge in [-0.3, -0.25) is 4.79 Å². The van der Waals surface area contributed by atoms with Crippen molar-refractivity contribution in [3.05, 3.63) is 35.4 Å². The van der Waals surface area contributed by atoms with Crippen molar-refractivity contribution in [2.75, 3.05) is 0 Å². The highest BCUT2D eigenvalue weighted by Crippen LogP contribution is 2.18. The molecule has 0 saturated heterocycles. The molecule has 0 radical (unpaired) electrons. The Kier molecular flexibility index (Phi) is 9.54. The van der Waals surface area contributed by atoms with Crippen molar-refractivity contribution in [3.63, 3.8) is 0 Å². The lowest BCUT2D eigenvalue weighted by molar-refractivity contribution is -0.161. The van der Waals surface area contributed by atoms with Crippen LogP contribution in [0.25, 0.3) is 0 Å². The number of unbranched alkanes of at least 4 members (excludes halogenated alkanes) is 5. The second-order valence-corrected chi connectivity index (χ2v) is 7.03. The molecule has 6 nitrogen and oxygen atoms in total. The summed E-state index contributed by atoms with van der Waals surface area (Å²) < 4.78 is 0. The van der Waals surface area contributed by atoms with Crippen LogP contribution in [-0.4, -0.2) is 33.6 Å². The lowest BCUT2D eigenvalue weighted by Gasteiger charge is -2.25. The van der Waals surface area contributed by atoms with Gasteiger partial charge in [0.25, 0.3) is 0 Å². The van der Waals surface area contributed by atoms with E-state index in [0.29, 0.717) is 0 Å². The van der Waals surface area contributed by atoms with Gasteiger partial charge in [-0.05, 0) is 36.8 Å². The number of carbonyl (C=O) groups excluding carboxylic acids is 1. The minimum Gasteiger partial charge on any atom is -0.479 e. The number of aliphatic carboxylic acids is 2. The summed E-state index contributed by atoms with van der Waals surface area (Å²) in [5, 5.41) is 20.8. The van der Waals surface area contributed by atoms with E-state index in [1.165, 1.54) is 37.7 Å². The van der Waals surface area contributed by atoms with Crippen LogP contribution in [0.2, 0.25) is 0 Å². The van der Waals surface area contributed by atoms with Crippen LogP contribution in [0.1, 0.15) is 69.9 Å². The molecule has 0 unspecified atom stereocenters. The van der Waals surface area contributed by atoms with E-state index in [1.54, 1.807) is 0 Å². The number of hydrogen-bond acceptors (Lipinski definition) is 3. The van der Waals surface area contributed by atoms with E-state index in [0.717, 1.165) is 25.3 Å². The minimum absolute atomic E-state index is 0.214. The van der Waals surface area contributed by atoms with Gasteiger partial charge in [0.05, 0.1) is 0 Å². The lowest BCUT2D eigenvalue weighted by Crippen LogP contribution is -2.60. The number of carboxylic acids is 2. The van der Waals surface area contributed by atoms with Gasteiger partial charge in [0.1, 0.15) is 0 Å². The SMILES string of the molecule is CCCCCCCCc1ccc(CCC(NC(C)=O)(C(=O)O)C(=O)O)cc1. The minimum atomic E-state index is -2.30. The molecule has 150 valence electrons. The van der Waals surface area contributed by atoms with Gasteiger partial charge >= 0.3 is 11.9 Å². The molecule has 27 heavy (non-hydrogen) atoms. The fourth-order valence-electron chi connectivity index (χ4n) is 3.09. The zero-order valence-electron chi connectivity index (χ0n) is 16.3. The summed E-state index contributed by atoms with van der Waals surface area (Å²) in [6.07, 6.45) is 8.50. The molecular formula is C21H31NO5. The van der Waals surface area contributed by atoms with Gasteiger partial charge in [-0.2, -0.15) is 0 Å². The fourth-order valence-corrected chi connectivity index (χ4v) is 3.09. The van der Waals surface area contributed by atoms with Crippen molar-refractivity contribution in [3.8, 4) is 0 Å². The Morgan fingerprint density at radius 2 is 1.33 bits per heavy atom. The summed E-state index contributed by atoms with van der Waals surface area (Å²) in [6.45, 7) is 3.31. The second-order valence-electron chi connectivity index (χ2n) is 7.03. The van der Waals surface area contributed by atoms with E-state index >= 15 is 0 Å². The Labute approximate surface area is 161 Å². The first-order valence-corrected chi connectivity index (χ1v) is 9.65. The highest BCUT2D eigenvalue weighted by atomic mass is 16.4. The molecular weight excluding hydrogens is 346 g/mol.